The summed E-state index contributed by atoms with van der Waals surface area (Å²) in [6.07, 6.45) is 0.499. The van der Waals surface area contributed by atoms with E-state index in [0.29, 0.717) is 6.42 Å². The summed E-state index contributed by atoms with van der Waals surface area (Å²) in [6, 6.07) is 7.61. The third kappa shape index (κ3) is 6.96. The number of hydrogen-bond acceptors (Lipinski definition) is 3. The highest BCUT2D eigenvalue weighted by molar-refractivity contribution is 5.85. The molecule has 0 fully saturated rings. The second-order valence-corrected chi connectivity index (χ2v) is 7.29. The van der Waals surface area contributed by atoms with Crippen LogP contribution in [0.3, 0.4) is 0 Å². The van der Waals surface area contributed by atoms with Crippen LogP contribution in [0.4, 0.5) is 0 Å². The van der Waals surface area contributed by atoms with Gasteiger partial charge in [-0.3, -0.25) is 4.79 Å². The molecule has 120 valence electrons. The molecule has 0 aliphatic carbocycles. The molecule has 4 heteroatoms. The van der Waals surface area contributed by atoms with Crippen LogP contribution in [0.5, 0.6) is 0 Å². The molecule has 0 aliphatic heterocycles. The largest absolute Gasteiger partial charge is 0.459 e. The van der Waals surface area contributed by atoms with Gasteiger partial charge in [-0.25, -0.2) is 0 Å². The topological polar surface area (TPSA) is 52.3 Å². The van der Waals surface area contributed by atoms with Gasteiger partial charge in [0.2, 0.25) is 0 Å². The molecule has 0 amide bonds. The summed E-state index contributed by atoms with van der Waals surface area (Å²) in [4.78, 5) is 11.9. The molecule has 3 nitrogen and oxygen atoms in total. The first-order chi connectivity index (χ1) is 8.99. The summed E-state index contributed by atoms with van der Waals surface area (Å²) in [7, 11) is 0. The minimum absolute atomic E-state index is 0. The van der Waals surface area contributed by atoms with Crippen molar-refractivity contribution >= 4 is 18.4 Å². The first kappa shape index (κ1) is 19.9. The lowest BCUT2D eigenvalue weighted by atomic mass is 9.85. The zero-order valence-corrected chi connectivity index (χ0v) is 14.7. The van der Waals surface area contributed by atoms with Gasteiger partial charge in [-0.05, 0) is 43.7 Å². The van der Waals surface area contributed by atoms with E-state index >= 15 is 0 Å². The Morgan fingerprint density at radius 2 is 1.76 bits per heavy atom. The van der Waals surface area contributed by atoms with Crippen LogP contribution >= 0.6 is 12.4 Å². The Balaban J connectivity index is 0.00000400. The van der Waals surface area contributed by atoms with Crippen LogP contribution in [0.2, 0.25) is 0 Å². The molecular weight excluding hydrogens is 286 g/mol. The molecule has 1 rings (SSSR count). The van der Waals surface area contributed by atoms with Gasteiger partial charge in [0, 0.05) is 0 Å². The van der Waals surface area contributed by atoms with E-state index in [1.807, 2.05) is 32.9 Å². The molecule has 0 aliphatic rings. The molecular formula is C17H28ClNO2. The van der Waals surface area contributed by atoms with E-state index < -0.39 is 11.6 Å². The van der Waals surface area contributed by atoms with Crippen LogP contribution in [0.15, 0.2) is 24.3 Å². The number of hydrogen-bond donors (Lipinski definition) is 1. The van der Waals surface area contributed by atoms with E-state index in [1.54, 1.807) is 0 Å². The minimum atomic E-state index is -0.621. The zero-order chi connectivity index (χ0) is 15.6. The van der Waals surface area contributed by atoms with Crippen molar-refractivity contribution in [2.75, 3.05) is 0 Å². The first-order valence-electron chi connectivity index (χ1n) is 7.07. The molecule has 0 heterocycles. The molecule has 0 saturated heterocycles. The Bertz CT molecular complexity index is 472. The predicted molar refractivity (Wildman–Crippen MR) is 89.9 cm³/mol. The molecule has 1 atom stereocenters. The molecule has 2 N–H and O–H groups in total. The molecule has 0 spiro atoms. The standard InChI is InChI=1S/C17H27NO2.ClH/c1-16(2,3)13-9-7-8-12(10-13)11-14(18)15(19)20-17(4,5)6;/h7-10,14H,11,18H2,1-6H3;1H/t14-;/m0./s1. The van der Waals surface area contributed by atoms with Crippen molar-refractivity contribution in [1.82, 2.24) is 0 Å². The van der Waals surface area contributed by atoms with E-state index in [9.17, 15) is 4.79 Å². The maximum absolute atomic E-state index is 11.9. The summed E-state index contributed by atoms with van der Waals surface area (Å²) in [6.45, 7) is 12.0. The molecule has 0 bridgehead atoms. The van der Waals surface area contributed by atoms with Gasteiger partial charge >= 0.3 is 5.97 Å². The number of benzene rings is 1. The Morgan fingerprint density at radius 3 is 2.24 bits per heavy atom. The van der Waals surface area contributed by atoms with Gasteiger partial charge in [0.1, 0.15) is 11.6 Å². The van der Waals surface area contributed by atoms with E-state index in [2.05, 4.69) is 32.9 Å². The fourth-order valence-corrected chi connectivity index (χ4v) is 1.88. The average molecular weight is 314 g/mol. The van der Waals surface area contributed by atoms with Crippen molar-refractivity contribution in [2.45, 2.75) is 65.0 Å². The maximum atomic E-state index is 11.9. The van der Waals surface area contributed by atoms with Gasteiger partial charge in [0.15, 0.2) is 0 Å². The van der Waals surface area contributed by atoms with Crippen LogP contribution in [-0.4, -0.2) is 17.6 Å². The van der Waals surface area contributed by atoms with E-state index in [0.717, 1.165) is 5.56 Å². The van der Waals surface area contributed by atoms with Crippen molar-refractivity contribution in [3.05, 3.63) is 35.4 Å². The zero-order valence-electron chi connectivity index (χ0n) is 13.9. The van der Waals surface area contributed by atoms with Crippen LogP contribution in [-0.2, 0) is 21.4 Å². The van der Waals surface area contributed by atoms with E-state index in [-0.39, 0.29) is 23.8 Å². The Hall–Kier alpha value is -1.06. The summed E-state index contributed by atoms with van der Waals surface area (Å²) < 4.78 is 5.31. The van der Waals surface area contributed by atoms with Crippen LogP contribution in [0.25, 0.3) is 0 Å². The maximum Gasteiger partial charge on any atom is 0.323 e. The van der Waals surface area contributed by atoms with Gasteiger partial charge in [-0.15, -0.1) is 12.4 Å². The van der Waals surface area contributed by atoms with Gasteiger partial charge in [-0.2, -0.15) is 0 Å². The van der Waals surface area contributed by atoms with Gasteiger partial charge in [-0.1, -0.05) is 45.0 Å². The number of rotatable bonds is 3. The monoisotopic (exact) mass is 313 g/mol. The second kappa shape index (κ2) is 7.28. The highest BCUT2D eigenvalue weighted by atomic mass is 35.5. The summed E-state index contributed by atoms with van der Waals surface area (Å²) in [5, 5.41) is 0. The predicted octanol–water partition coefficient (Wildman–Crippen LogP) is 3.62. The molecule has 0 aromatic heterocycles. The lowest BCUT2D eigenvalue weighted by molar-refractivity contribution is -0.156. The van der Waals surface area contributed by atoms with Crippen LogP contribution in [0, 0.1) is 0 Å². The van der Waals surface area contributed by atoms with Crippen LogP contribution < -0.4 is 5.73 Å². The van der Waals surface area contributed by atoms with Crippen molar-refractivity contribution in [1.29, 1.82) is 0 Å². The van der Waals surface area contributed by atoms with Crippen LogP contribution in [0.1, 0.15) is 52.7 Å². The number of ether oxygens (including phenoxy) is 1. The Morgan fingerprint density at radius 1 is 1.19 bits per heavy atom. The summed E-state index contributed by atoms with van der Waals surface area (Å²) in [5.74, 6) is -0.348. The molecule has 21 heavy (non-hydrogen) atoms. The molecule has 1 aromatic carbocycles. The summed E-state index contributed by atoms with van der Waals surface area (Å²) >= 11 is 0. The first-order valence-corrected chi connectivity index (χ1v) is 7.07. The van der Waals surface area contributed by atoms with Crippen molar-refractivity contribution in [3.63, 3.8) is 0 Å². The number of nitrogens with two attached hydrogens (primary N) is 1. The fourth-order valence-electron chi connectivity index (χ4n) is 1.88. The highest BCUT2D eigenvalue weighted by Gasteiger charge is 2.22. The lowest BCUT2D eigenvalue weighted by Crippen LogP contribution is -2.38. The number of carbonyl (C=O) groups is 1. The normalized spacial score (nSPS) is 13.3. The quantitative estimate of drug-likeness (QED) is 0.867. The SMILES string of the molecule is CC(C)(C)OC(=O)[C@@H](N)Cc1cccc(C(C)(C)C)c1.Cl. The third-order valence-corrected chi connectivity index (χ3v) is 2.96. The second-order valence-electron chi connectivity index (χ2n) is 7.29. The fraction of sp³-hybridized carbons (Fsp3) is 0.588. The van der Waals surface area contributed by atoms with E-state index in [4.69, 9.17) is 10.5 Å². The molecule has 0 saturated carbocycles. The molecule has 1 aromatic rings. The number of esters is 1. The summed E-state index contributed by atoms with van der Waals surface area (Å²) in [5.41, 5.74) is 7.84. The molecule has 0 unspecified atom stereocenters. The lowest BCUT2D eigenvalue weighted by Gasteiger charge is -2.23. The van der Waals surface area contributed by atoms with Gasteiger partial charge < -0.3 is 10.5 Å². The minimum Gasteiger partial charge on any atom is -0.459 e. The number of carbonyl (C=O) groups excluding carboxylic acids is 1. The van der Waals surface area contributed by atoms with Crippen molar-refractivity contribution < 1.29 is 9.53 Å². The van der Waals surface area contributed by atoms with Gasteiger partial charge in [0.05, 0.1) is 0 Å². The highest BCUT2D eigenvalue weighted by Crippen LogP contribution is 2.23. The average Bonchev–Trinajstić information content (AvgIpc) is 2.25. The smallest absolute Gasteiger partial charge is 0.323 e. The third-order valence-electron chi connectivity index (χ3n) is 2.96. The van der Waals surface area contributed by atoms with Gasteiger partial charge in [0.25, 0.3) is 0 Å². The Kier molecular flexibility index (Phi) is 6.91. The Labute approximate surface area is 134 Å². The number of halogens is 1. The van der Waals surface area contributed by atoms with E-state index in [1.165, 1.54) is 5.56 Å². The molecule has 0 radical (unpaired) electrons. The van der Waals surface area contributed by atoms with Crippen molar-refractivity contribution in [2.24, 2.45) is 5.73 Å². The van der Waals surface area contributed by atoms with Crippen molar-refractivity contribution in [3.8, 4) is 0 Å².